The number of carbonyl (C=O) groups excluding carboxylic acids is 4. The summed E-state index contributed by atoms with van der Waals surface area (Å²) in [5.74, 6) is 1.90. The Morgan fingerprint density at radius 3 is 2.42 bits per heavy atom. The SMILES string of the molecule is CC[C@H]1OC(=O)[C@H](C)C(=O)[C@H](C)[C@@H](CC2C[C@@H](N(C)C)C[C@@H](C)O2)[C@@](C)(OCC#Cc2ccc(-c3ccccn3)s2)C[C@@H](C)C(=O)[C@H](C)C2NC(=O)O[C@@]21C. The van der Waals surface area contributed by atoms with Gasteiger partial charge in [0.15, 0.2) is 5.60 Å². The summed E-state index contributed by atoms with van der Waals surface area (Å²) in [6.07, 6.45) is 2.74. The van der Waals surface area contributed by atoms with Crippen molar-refractivity contribution in [1.29, 1.82) is 0 Å². The molecule has 2 unspecified atom stereocenters. The van der Waals surface area contributed by atoms with Crippen LogP contribution in [0.25, 0.3) is 10.6 Å². The van der Waals surface area contributed by atoms with E-state index in [0.29, 0.717) is 12.8 Å². The minimum atomic E-state index is -1.33. The molecule has 300 valence electrons. The van der Waals surface area contributed by atoms with Gasteiger partial charge in [-0.05, 0) is 104 Å². The lowest BCUT2D eigenvalue weighted by atomic mass is 9.68. The van der Waals surface area contributed by atoms with E-state index in [1.807, 2.05) is 58.0 Å². The number of ether oxygens (including phenoxy) is 4. The molecule has 3 fully saturated rings. The summed E-state index contributed by atoms with van der Waals surface area (Å²) < 4.78 is 25.2. The highest BCUT2D eigenvalue weighted by Crippen LogP contribution is 2.43. The van der Waals surface area contributed by atoms with Gasteiger partial charge in [-0.1, -0.05) is 45.6 Å². The Bertz CT molecular complexity index is 1750. The van der Waals surface area contributed by atoms with Gasteiger partial charge in [-0.2, -0.15) is 0 Å². The van der Waals surface area contributed by atoms with Crippen LogP contribution >= 0.6 is 11.3 Å². The fraction of sp³-hybridized carbons (Fsp3) is 0.651. The van der Waals surface area contributed by atoms with Crippen molar-refractivity contribution in [3.8, 4) is 22.4 Å². The normalized spacial score (nSPS) is 36.2. The van der Waals surface area contributed by atoms with Crippen molar-refractivity contribution in [2.24, 2.45) is 29.6 Å². The third-order valence-corrected chi connectivity index (χ3v) is 13.3. The van der Waals surface area contributed by atoms with E-state index in [1.165, 1.54) is 0 Å². The van der Waals surface area contributed by atoms with E-state index in [2.05, 4.69) is 48.1 Å². The number of ketones is 2. The van der Waals surface area contributed by atoms with Crippen LogP contribution in [0.15, 0.2) is 36.5 Å². The molecule has 11 nitrogen and oxygen atoms in total. The molecule has 3 aliphatic rings. The van der Waals surface area contributed by atoms with Crippen LogP contribution in [0.1, 0.15) is 92.4 Å². The lowest BCUT2D eigenvalue weighted by molar-refractivity contribution is -0.173. The zero-order valence-corrected chi connectivity index (χ0v) is 34.9. The van der Waals surface area contributed by atoms with E-state index in [-0.39, 0.29) is 42.8 Å². The standard InChI is InChI=1S/C43H59N3O8S/c1-11-36-43(8)39(45-41(50)54-43)28(5)37(47)25(2)24-42(7,51-20-14-15-32-17-18-35(55-32)34-16-12-13-19-44-34)33(27(4)38(48)29(6)40(49)53-36)23-31-22-30(46(9)10)21-26(3)52-31/h12-13,16-19,25-31,33,36,39H,11,20-24H2,1-10H3,(H,45,50)/t25-,26-,27-,28+,29-,30+,31?,33-,36-,39?,42+,43-/m1/s1. The Kier molecular flexibility index (Phi) is 13.7. The van der Waals surface area contributed by atoms with Gasteiger partial charge in [0.25, 0.3) is 0 Å². The maximum Gasteiger partial charge on any atom is 0.408 e. The maximum absolute atomic E-state index is 14.5. The predicted octanol–water partition coefficient (Wildman–Crippen LogP) is 6.72. The number of cyclic esters (lactones) is 1. The highest BCUT2D eigenvalue weighted by molar-refractivity contribution is 7.16. The minimum absolute atomic E-state index is 0.00913. The summed E-state index contributed by atoms with van der Waals surface area (Å²) in [5, 5.41) is 2.84. The topological polar surface area (TPSA) is 133 Å². The van der Waals surface area contributed by atoms with E-state index < -0.39 is 65.0 Å². The van der Waals surface area contributed by atoms with Crippen molar-refractivity contribution in [3.05, 3.63) is 41.4 Å². The Labute approximate surface area is 330 Å². The molecule has 0 aromatic carbocycles. The van der Waals surface area contributed by atoms with Crippen LogP contribution in [0.2, 0.25) is 0 Å². The second-order valence-corrected chi connectivity index (χ2v) is 17.6. The van der Waals surface area contributed by atoms with E-state index >= 15 is 0 Å². The summed E-state index contributed by atoms with van der Waals surface area (Å²) >= 11 is 1.54. The molecule has 3 saturated heterocycles. The molecular weight excluding hydrogens is 719 g/mol. The number of carbonyl (C=O) groups is 4. The molecule has 0 saturated carbocycles. The van der Waals surface area contributed by atoms with Crippen LogP contribution in [0.4, 0.5) is 4.79 Å². The van der Waals surface area contributed by atoms with Crippen molar-refractivity contribution in [1.82, 2.24) is 15.2 Å². The Balaban J connectivity index is 1.53. The molecule has 0 bridgehead atoms. The van der Waals surface area contributed by atoms with E-state index in [4.69, 9.17) is 18.9 Å². The fourth-order valence-corrected chi connectivity index (χ4v) is 9.94. The Hall–Kier alpha value is -3.63. The molecule has 2 aromatic rings. The lowest BCUT2D eigenvalue weighted by Gasteiger charge is -2.46. The van der Waals surface area contributed by atoms with Crippen LogP contribution in [0.3, 0.4) is 0 Å². The number of pyridine rings is 1. The molecule has 12 atom stereocenters. The van der Waals surface area contributed by atoms with Gasteiger partial charge in [-0.3, -0.25) is 19.4 Å². The van der Waals surface area contributed by atoms with E-state index in [9.17, 15) is 19.2 Å². The first kappa shape index (κ1) is 42.5. The second-order valence-electron chi connectivity index (χ2n) is 16.5. The zero-order chi connectivity index (χ0) is 40.2. The van der Waals surface area contributed by atoms with Crippen molar-refractivity contribution >= 4 is 35.0 Å². The van der Waals surface area contributed by atoms with Gasteiger partial charge in [-0.25, -0.2) is 4.79 Å². The number of nitrogens with zero attached hydrogens (tertiary/aromatic N) is 2. The number of amides is 1. The predicted molar refractivity (Wildman–Crippen MR) is 211 cm³/mol. The van der Waals surface area contributed by atoms with Crippen LogP contribution in [0.5, 0.6) is 0 Å². The summed E-state index contributed by atoms with van der Waals surface area (Å²) in [5.41, 5.74) is -1.51. The molecule has 2 aromatic heterocycles. The molecule has 55 heavy (non-hydrogen) atoms. The number of esters is 1. The van der Waals surface area contributed by atoms with Crippen LogP contribution in [0, 0.1) is 41.4 Å². The summed E-state index contributed by atoms with van der Waals surface area (Å²) in [6.45, 7) is 14.7. The van der Waals surface area contributed by atoms with Gasteiger partial charge < -0.3 is 29.2 Å². The van der Waals surface area contributed by atoms with Crippen molar-refractivity contribution in [2.75, 3.05) is 20.7 Å². The van der Waals surface area contributed by atoms with Crippen LogP contribution < -0.4 is 5.32 Å². The quantitative estimate of drug-likeness (QED) is 0.184. The number of alkyl carbamates (subject to hydrolysis) is 1. The molecule has 12 heteroatoms. The van der Waals surface area contributed by atoms with E-state index in [0.717, 1.165) is 28.3 Å². The van der Waals surface area contributed by atoms with Crippen LogP contribution in [-0.2, 0) is 33.3 Å². The smallest absolute Gasteiger partial charge is 0.408 e. The Morgan fingerprint density at radius 2 is 1.75 bits per heavy atom. The number of thiophene rings is 1. The average Bonchev–Trinajstić information content (AvgIpc) is 3.76. The number of rotatable bonds is 7. The van der Waals surface area contributed by atoms with Crippen molar-refractivity contribution in [2.45, 2.75) is 129 Å². The molecule has 0 aliphatic carbocycles. The highest BCUT2D eigenvalue weighted by Gasteiger charge is 2.57. The van der Waals surface area contributed by atoms with Crippen LogP contribution in [-0.4, -0.2) is 95.8 Å². The number of nitrogens with one attached hydrogen (secondary N) is 1. The average molecular weight is 778 g/mol. The van der Waals surface area contributed by atoms with Gasteiger partial charge in [-0.15, -0.1) is 11.3 Å². The van der Waals surface area contributed by atoms with Gasteiger partial charge in [0, 0.05) is 30.0 Å². The minimum Gasteiger partial charge on any atom is -0.458 e. The third-order valence-electron chi connectivity index (χ3n) is 12.3. The zero-order valence-electron chi connectivity index (χ0n) is 34.0. The van der Waals surface area contributed by atoms with Gasteiger partial charge >= 0.3 is 12.1 Å². The first-order chi connectivity index (χ1) is 26.0. The molecule has 5 heterocycles. The Morgan fingerprint density at radius 1 is 1.00 bits per heavy atom. The van der Waals surface area contributed by atoms with Crippen molar-refractivity contribution in [3.63, 3.8) is 0 Å². The fourth-order valence-electron chi connectivity index (χ4n) is 9.08. The van der Waals surface area contributed by atoms with Crippen molar-refractivity contribution < 1.29 is 38.1 Å². The highest BCUT2D eigenvalue weighted by atomic mass is 32.1. The van der Waals surface area contributed by atoms with Gasteiger partial charge in [0.05, 0.1) is 39.3 Å². The molecule has 3 aliphatic heterocycles. The monoisotopic (exact) mass is 777 g/mol. The largest absolute Gasteiger partial charge is 0.458 e. The molecule has 1 amide bonds. The second kappa shape index (κ2) is 17.7. The molecular formula is C43H59N3O8S. The maximum atomic E-state index is 14.5. The molecule has 0 radical (unpaired) electrons. The summed E-state index contributed by atoms with van der Waals surface area (Å²) in [4.78, 5) is 64.0. The number of fused-ring (bicyclic) bond motifs is 1. The molecule has 1 N–H and O–H groups in total. The first-order valence-electron chi connectivity index (χ1n) is 19.7. The first-order valence-corrected chi connectivity index (χ1v) is 20.5. The number of Topliss-reactive ketones (excluding diaryl/α,β-unsaturated/α-hetero) is 2. The molecule has 5 rings (SSSR count). The summed E-state index contributed by atoms with van der Waals surface area (Å²) in [7, 11) is 4.14. The summed E-state index contributed by atoms with van der Waals surface area (Å²) in [6, 6.07) is 9.27. The van der Waals surface area contributed by atoms with E-state index in [1.54, 1.807) is 38.3 Å². The van der Waals surface area contributed by atoms with Gasteiger partial charge in [0.1, 0.15) is 30.2 Å². The lowest BCUT2D eigenvalue weighted by Crippen LogP contribution is -2.57. The number of hydrogen-bond donors (Lipinski definition) is 1. The third kappa shape index (κ3) is 9.50. The number of aromatic nitrogens is 1. The number of hydrogen-bond acceptors (Lipinski definition) is 11. The van der Waals surface area contributed by atoms with Gasteiger partial charge in [0.2, 0.25) is 0 Å². The molecule has 0 spiro atoms.